The van der Waals surface area contributed by atoms with E-state index < -0.39 is 91.5 Å². The minimum atomic E-state index is -4.95. The molecule has 0 saturated carbocycles. The molecule has 121 heavy (non-hydrogen) atoms. The minimum absolute atomic E-state index is 0.0888. The van der Waals surface area contributed by atoms with E-state index in [4.69, 9.17) is 32.3 Å². The van der Waals surface area contributed by atoms with Gasteiger partial charge >= 0.3 is 33.6 Å². The summed E-state index contributed by atoms with van der Waals surface area (Å²) in [6.45, 7) is 2.54. The van der Waals surface area contributed by atoms with E-state index >= 15 is 0 Å². The number of phosphoric ester groups is 2. The Hall–Kier alpha value is -5.09. The van der Waals surface area contributed by atoms with Crippen molar-refractivity contribution >= 4 is 33.6 Å². The molecule has 0 aromatic heterocycles. The predicted octanol–water partition coefficient (Wildman–Crippen LogP) is 30.2. The third-order valence-electron chi connectivity index (χ3n) is 20.4. The lowest BCUT2D eigenvalue weighted by atomic mass is 10.0. The summed E-state index contributed by atoms with van der Waals surface area (Å²) in [6.07, 6.45) is 123. The Balaban J connectivity index is 4.58. The van der Waals surface area contributed by atoms with Crippen LogP contribution in [0.5, 0.6) is 0 Å². The molecule has 0 aliphatic rings. The van der Waals surface area contributed by atoms with Crippen LogP contribution >= 0.6 is 15.6 Å². The van der Waals surface area contributed by atoms with Crippen molar-refractivity contribution in [3.63, 3.8) is 0 Å². The van der Waals surface area contributed by atoms with E-state index in [0.29, 0.717) is 19.3 Å². The van der Waals surface area contributed by atoms with E-state index in [-0.39, 0.29) is 19.3 Å². The molecule has 5 unspecified atom stereocenters. The first-order chi connectivity index (χ1) is 59.2. The highest BCUT2D eigenvalue weighted by Crippen LogP contribution is 2.45. The molecule has 0 rings (SSSR count). The number of aliphatic hydroxyl groups is 2. The second-order valence-corrected chi connectivity index (χ2v) is 35.0. The standard InChI is InChI=1S/C103H176O16P2/c1-4-7-10-13-16-19-22-25-28-31-34-37-40-43-44-45-46-47-48-49-50-51-52-55-57-59-62-65-68-71-74-77-80-83-86-89-101(106)113-92-98(104)93-115-120(109,110)116-94-99(105)95-117-121(111,112)118-97-100(119-103(108)91-88-85-82-79-76-73-70-67-64-61-58-54-42-39-36-33-30-27-24-21-18-15-12-9-6-3)96-114-102(107)90-87-84-81-78-75-72-69-66-63-60-56-53-41-38-35-32-29-26-23-20-17-14-11-8-5-2/h8,11,16-21,25-30,34-39,43-44,53-54,56,58,63,66,98-100,104-105H,4-7,9-10,12-15,22-24,31-33,40-42,45-52,55,57,59-62,64-65,67-97H2,1-3H3,(H,109,110)(H,111,112)/b11-8-,19-16-,20-17-,21-18-,28-25-,29-26-,30-27-,37-34-,38-35-,39-36-,44-43-,56-53-,58-54-,66-63-. The second kappa shape index (κ2) is 94.1. The summed E-state index contributed by atoms with van der Waals surface area (Å²) in [6, 6.07) is 0. The van der Waals surface area contributed by atoms with Crippen LogP contribution in [0.4, 0.5) is 0 Å². The van der Waals surface area contributed by atoms with Gasteiger partial charge in [-0.3, -0.25) is 32.5 Å². The van der Waals surface area contributed by atoms with Gasteiger partial charge in [0.05, 0.1) is 26.4 Å². The van der Waals surface area contributed by atoms with Gasteiger partial charge in [-0.2, -0.15) is 0 Å². The molecule has 0 bridgehead atoms. The van der Waals surface area contributed by atoms with Crippen LogP contribution in [0, 0.1) is 0 Å². The summed E-state index contributed by atoms with van der Waals surface area (Å²) in [5.41, 5.74) is 0. The number of carbonyl (C=O) groups excluding carboxylic acids is 3. The quantitative estimate of drug-likeness (QED) is 0.0146. The number of aliphatic hydroxyl groups excluding tert-OH is 2. The van der Waals surface area contributed by atoms with Crippen LogP contribution < -0.4 is 0 Å². The average molecular weight is 1730 g/mol. The molecule has 0 amide bonds. The Labute approximate surface area is 739 Å². The third-order valence-corrected chi connectivity index (χ3v) is 22.3. The van der Waals surface area contributed by atoms with Crippen molar-refractivity contribution < 1.29 is 75.8 Å². The highest BCUT2D eigenvalue weighted by molar-refractivity contribution is 7.47. The summed E-state index contributed by atoms with van der Waals surface area (Å²) in [7, 11) is -9.82. The van der Waals surface area contributed by atoms with Gasteiger partial charge in [-0.25, -0.2) is 9.13 Å². The number of ether oxygens (including phenoxy) is 3. The van der Waals surface area contributed by atoms with Crippen LogP contribution in [0.3, 0.4) is 0 Å². The molecule has 5 atom stereocenters. The number of hydrogen-bond acceptors (Lipinski definition) is 14. The SMILES string of the molecule is CC/C=C\C/C=C\C/C=C\C/C=C\C/C=C\C/C=C\CCCCCCCCC(=O)OCC(COP(=O)(O)OCC(O)COP(=O)(O)OCC(O)COC(=O)CCCCCCCCCCCCCCCCCCCCC/C=C\C/C=C\C/C=C\C/C=C\CCCCC)OC(=O)CCCCCCCCCCC/C=C\C/C=C\C/C=C\C/C=C\CCCCC. The molecular weight excluding hydrogens is 1560 g/mol. The van der Waals surface area contributed by atoms with Crippen LogP contribution in [0.15, 0.2) is 170 Å². The smallest absolute Gasteiger partial charge is 0.463 e. The predicted molar refractivity (Wildman–Crippen MR) is 509 cm³/mol. The van der Waals surface area contributed by atoms with E-state index in [1.807, 2.05) is 0 Å². The van der Waals surface area contributed by atoms with Crippen molar-refractivity contribution in [1.82, 2.24) is 0 Å². The molecule has 0 radical (unpaired) electrons. The zero-order valence-corrected chi connectivity index (χ0v) is 78.4. The van der Waals surface area contributed by atoms with Crippen LogP contribution in [-0.2, 0) is 55.8 Å². The summed E-state index contributed by atoms with van der Waals surface area (Å²) in [5.74, 6) is -1.59. The third kappa shape index (κ3) is 95.4. The summed E-state index contributed by atoms with van der Waals surface area (Å²) < 4.78 is 61.6. The molecule has 18 heteroatoms. The first-order valence-electron chi connectivity index (χ1n) is 48.4. The number of carbonyl (C=O) groups is 3. The van der Waals surface area contributed by atoms with Crippen molar-refractivity contribution in [3.05, 3.63) is 170 Å². The van der Waals surface area contributed by atoms with Gasteiger partial charge in [0.25, 0.3) is 0 Å². The molecule has 0 aliphatic heterocycles. The van der Waals surface area contributed by atoms with Crippen LogP contribution in [0.25, 0.3) is 0 Å². The number of esters is 3. The largest absolute Gasteiger partial charge is 0.472 e. The summed E-state index contributed by atoms with van der Waals surface area (Å²) in [4.78, 5) is 59.1. The molecule has 0 aliphatic carbocycles. The van der Waals surface area contributed by atoms with Gasteiger partial charge in [-0.05, 0) is 161 Å². The molecule has 694 valence electrons. The Morgan fingerprint density at radius 1 is 0.240 bits per heavy atom. The first kappa shape index (κ1) is 116. The van der Waals surface area contributed by atoms with Gasteiger partial charge in [0, 0.05) is 19.3 Å². The maximum atomic E-state index is 13.1. The lowest BCUT2D eigenvalue weighted by molar-refractivity contribution is -0.161. The summed E-state index contributed by atoms with van der Waals surface area (Å²) >= 11 is 0. The summed E-state index contributed by atoms with van der Waals surface area (Å²) in [5, 5.41) is 20.8. The van der Waals surface area contributed by atoms with Crippen LogP contribution in [0.2, 0.25) is 0 Å². The van der Waals surface area contributed by atoms with E-state index in [0.717, 1.165) is 167 Å². The Morgan fingerprint density at radius 3 is 0.694 bits per heavy atom. The van der Waals surface area contributed by atoms with E-state index in [2.05, 4.69) is 191 Å². The maximum Gasteiger partial charge on any atom is 0.472 e. The van der Waals surface area contributed by atoms with Crippen molar-refractivity contribution in [2.45, 2.75) is 424 Å². The van der Waals surface area contributed by atoms with Crippen molar-refractivity contribution in [3.8, 4) is 0 Å². The van der Waals surface area contributed by atoms with Gasteiger partial charge in [0.1, 0.15) is 25.4 Å². The van der Waals surface area contributed by atoms with Crippen molar-refractivity contribution in [2.75, 3.05) is 39.6 Å². The molecule has 0 aromatic carbocycles. The van der Waals surface area contributed by atoms with E-state index in [1.54, 1.807) is 0 Å². The van der Waals surface area contributed by atoms with Gasteiger partial charge in [-0.15, -0.1) is 0 Å². The van der Waals surface area contributed by atoms with Gasteiger partial charge in [0.15, 0.2) is 6.10 Å². The fraction of sp³-hybridized carbons (Fsp3) is 0.699. The van der Waals surface area contributed by atoms with Crippen molar-refractivity contribution in [1.29, 1.82) is 0 Å². The van der Waals surface area contributed by atoms with Crippen LogP contribution in [-0.4, -0.2) is 95.9 Å². The zero-order valence-electron chi connectivity index (χ0n) is 76.6. The van der Waals surface area contributed by atoms with Crippen molar-refractivity contribution in [2.24, 2.45) is 0 Å². The fourth-order valence-corrected chi connectivity index (χ4v) is 14.7. The van der Waals surface area contributed by atoms with Gasteiger partial charge < -0.3 is 34.2 Å². The molecule has 0 heterocycles. The van der Waals surface area contributed by atoms with Gasteiger partial charge in [0.2, 0.25) is 0 Å². The highest BCUT2D eigenvalue weighted by Gasteiger charge is 2.30. The molecule has 0 saturated heterocycles. The average Bonchev–Trinajstić information content (AvgIpc) is 0.899. The molecular formula is C103H176O16P2. The van der Waals surface area contributed by atoms with Gasteiger partial charge in [-0.1, -0.05) is 396 Å². The number of phosphoric acid groups is 2. The van der Waals surface area contributed by atoms with Crippen LogP contribution in [0.1, 0.15) is 406 Å². The zero-order chi connectivity index (χ0) is 87.9. The monoisotopic (exact) mass is 1730 g/mol. The molecule has 0 spiro atoms. The Kier molecular flexibility index (Phi) is 90.1. The topological polar surface area (TPSA) is 231 Å². The first-order valence-corrected chi connectivity index (χ1v) is 51.4. The lowest BCUT2D eigenvalue weighted by Crippen LogP contribution is -2.30. The van der Waals surface area contributed by atoms with E-state index in [9.17, 15) is 43.5 Å². The fourth-order valence-electron chi connectivity index (χ4n) is 13.1. The number of unbranched alkanes of at least 4 members (excludes halogenated alkanes) is 40. The minimum Gasteiger partial charge on any atom is -0.463 e. The number of hydrogen-bond donors (Lipinski definition) is 4. The number of allylic oxidation sites excluding steroid dienone is 28. The Morgan fingerprint density at radius 2 is 0.438 bits per heavy atom. The normalized spacial score (nSPS) is 14.5. The van der Waals surface area contributed by atoms with E-state index in [1.165, 1.54) is 180 Å². The lowest BCUT2D eigenvalue weighted by Gasteiger charge is -2.21. The molecule has 4 N–H and O–H groups in total. The molecule has 0 fully saturated rings. The Bertz CT molecular complexity index is 2880. The molecule has 16 nitrogen and oxygen atoms in total. The molecule has 0 aromatic rings. The highest BCUT2D eigenvalue weighted by atomic mass is 31.2. The maximum absolute atomic E-state index is 13.1. The second-order valence-electron chi connectivity index (χ2n) is 32.1. The number of rotatable bonds is 91.